The van der Waals surface area contributed by atoms with Crippen LogP contribution >= 0.6 is 0 Å². The highest BCUT2D eigenvalue weighted by Crippen LogP contribution is 2.20. The Morgan fingerprint density at radius 3 is 2.36 bits per heavy atom. The van der Waals surface area contributed by atoms with Crippen molar-refractivity contribution in [1.29, 1.82) is 0 Å². The van der Waals surface area contributed by atoms with E-state index in [1.165, 1.54) is 12.8 Å². The van der Waals surface area contributed by atoms with Gasteiger partial charge in [0, 0.05) is 0 Å². The van der Waals surface area contributed by atoms with Crippen molar-refractivity contribution in [1.82, 2.24) is 5.48 Å². The first-order valence-corrected chi connectivity index (χ1v) is 5.12. The van der Waals surface area contributed by atoms with E-state index in [1.807, 2.05) is 20.8 Å². The van der Waals surface area contributed by atoms with Crippen LogP contribution in [0.4, 0.5) is 4.79 Å². The molecule has 0 aromatic heterocycles. The highest BCUT2D eigenvalue weighted by Gasteiger charge is 2.19. The number of hydrogen-bond acceptors (Lipinski definition) is 3. The number of nitrogens with one attached hydrogen (secondary N) is 1. The summed E-state index contributed by atoms with van der Waals surface area (Å²) in [4.78, 5) is 16.3. The minimum atomic E-state index is -0.510. The zero-order valence-corrected chi connectivity index (χ0v) is 9.13. The number of rotatable bonds is 2. The summed E-state index contributed by atoms with van der Waals surface area (Å²) in [5.41, 5.74) is 1.85. The zero-order chi connectivity index (χ0) is 10.6. The summed E-state index contributed by atoms with van der Waals surface area (Å²) in [5.74, 6) is 0. The van der Waals surface area contributed by atoms with Crippen LogP contribution in [0.1, 0.15) is 46.5 Å². The normalized spacial score (nSPS) is 18.2. The van der Waals surface area contributed by atoms with Crippen LogP contribution in [0.2, 0.25) is 0 Å². The van der Waals surface area contributed by atoms with Crippen molar-refractivity contribution in [2.75, 3.05) is 0 Å². The molecule has 4 nitrogen and oxygen atoms in total. The maximum absolute atomic E-state index is 11.2. The van der Waals surface area contributed by atoms with Gasteiger partial charge in [-0.1, -0.05) is 12.8 Å². The second kappa shape index (κ2) is 4.64. The Morgan fingerprint density at radius 2 is 1.86 bits per heavy atom. The Bertz CT molecular complexity index is 192. The van der Waals surface area contributed by atoms with Crippen LogP contribution in [0, 0.1) is 0 Å². The number of ether oxygens (including phenoxy) is 1. The van der Waals surface area contributed by atoms with E-state index in [9.17, 15) is 4.79 Å². The fourth-order valence-electron chi connectivity index (χ4n) is 1.44. The van der Waals surface area contributed by atoms with Gasteiger partial charge in [0.25, 0.3) is 0 Å². The Labute approximate surface area is 84.9 Å². The SMILES string of the molecule is CC(C)(C)OC(=O)NOC1CCCC1. The van der Waals surface area contributed by atoms with Crippen LogP contribution in [0.5, 0.6) is 0 Å². The van der Waals surface area contributed by atoms with Gasteiger partial charge in [-0.2, -0.15) is 5.48 Å². The summed E-state index contributed by atoms with van der Waals surface area (Å²) in [7, 11) is 0. The molecule has 0 aromatic rings. The first-order valence-electron chi connectivity index (χ1n) is 5.12. The molecule has 1 fully saturated rings. The molecular formula is C10H19NO3. The highest BCUT2D eigenvalue weighted by atomic mass is 16.7. The Kier molecular flexibility index (Phi) is 3.75. The third-order valence-corrected chi connectivity index (χ3v) is 2.01. The van der Waals surface area contributed by atoms with Crippen LogP contribution in [0.15, 0.2) is 0 Å². The van der Waals surface area contributed by atoms with Gasteiger partial charge in [0.1, 0.15) is 5.60 Å². The highest BCUT2D eigenvalue weighted by molar-refractivity contribution is 5.66. The molecule has 1 saturated carbocycles. The van der Waals surface area contributed by atoms with Crippen molar-refractivity contribution >= 4 is 6.09 Å². The topological polar surface area (TPSA) is 47.6 Å². The second-order valence-corrected chi connectivity index (χ2v) is 4.63. The Balaban J connectivity index is 2.14. The lowest BCUT2D eigenvalue weighted by Crippen LogP contribution is -2.34. The molecule has 0 aliphatic heterocycles. The Hall–Kier alpha value is -0.770. The molecule has 1 rings (SSSR count). The van der Waals surface area contributed by atoms with E-state index in [0.717, 1.165) is 12.8 Å². The van der Waals surface area contributed by atoms with Gasteiger partial charge in [-0.15, -0.1) is 0 Å². The molecule has 0 spiro atoms. The van der Waals surface area contributed by atoms with Crippen molar-refractivity contribution in [3.63, 3.8) is 0 Å². The molecule has 0 aromatic carbocycles. The Morgan fingerprint density at radius 1 is 1.29 bits per heavy atom. The number of amides is 1. The molecule has 14 heavy (non-hydrogen) atoms. The van der Waals surface area contributed by atoms with Crippen molar-refractivity contribution in [2.24, 2.45) is 0 Å². The van der Waals surface area contributed by atoms with Crippen molar-refractivity contribution in [3.8, 4) is 0 Å². The van der Waals surface area contributed by atoms with Gasteiger partial charge < -0.3 is 4.74 Å². The first-order chi connectivity index (χ1) is 6.47. The lowest BCUT2D eigenvalue weighted by Gasteiger charge is -2.20. The molecule has 0 radical (unpaired) electrons. The van der Waals surface area contributed by atoms with E-state index < -0.39 is 11.7 Å². The van der Waals surface area contributed by atoms with Gasteiger partial charge in [0.05, 0.1) is 6.10 Å². The quantitative estimate of drug-likeness (QED) is 0.698. The molecule has 0 bridgehead atoms. The average molecular weight is 201 g/mol. The predicted octanol–water partition coefficient (Wildman–Crippen LogP) is 2.39. The van der Waals surface area contributed by atoms with Gasteiger partial charge in [-0.25, -0.2) is 4.79 Å². The van der Waals surface area contributed by atoms with E-state index in [0.29, 0.717) is 0 Å². The maximum Gasteiger partial charge on any atom is 0.431 e. The van der Waals surface area contributed by atoms with Gasteiger partial charge in [0.2, 0.25) is 0 Å². The van der Waals surface area contributed by atoms with Crippen molar-refractivity contribution in [2.45, 2.75) is 58.2 Å². The molecule has 0 unspecified atom stereocenters. The molecule has 1 aliphatic carbocycles. The number of carbonyl (C=O) groups excluding carboxylic acids is 1. The van der Waals surface area contributed by atoms with Crippen molar-refractivity contribution < 1.29 is 14.4 Å². The molecule has 1 aliphatic rings. The number of hydroxylamine groups is 1. The zero-order valence-electron chi connectivity index (χ0n) is 9.13. The van der Waals surface area contributed by atoms with Crippen LogP contribution < -0.4 is 5.48 Å². The maximum atomic E-state index is 11.2. The molecule has 0 saturated heterocycles. The van der Waals surface area contributed by atoms with E-state index in [2.05, 4.69) is 5.48 Å². The minimum absolute atomic E-state index is 0.169. The summed E-state index contributed by atoms with van der Waals surface area (Å²) in [6.45, 7) is 5.46. The van der Waals surface area contributed by atoms with Gasteiger partial charge in [-0.05, 0) is 33.6 Å². The third kappa shape index (κ3) is 4.46. The van der Waals surface area contributed by atoms with Crippen LogP contribution in [-0.2, 0) is 9.57 Å². The van der Waals surface area contributed by atoms with E-state index in [1.54, 1.807) is 0 Å². The fourth-order valence-corrected chi connectivity index (χ4v) is 1.44. The molecule has 1 N–H and O–H groups in total. The largest absolute Gasteiger partial charge is 0.442 e. The lowest BCUT2D eigenvalue weighted by molar-refractivity contribution is -0.0395. The minimum Gasteiger partial charge on any atom is -0.442 e. The summed E-state index contributed by atoms with van der Waals surface area (Å²) < 4.78 is 5.02. The van der Waals surface area contributed by atoms with Gasteiger partial charge in [-0.3, -0.25) is 4.84 Å². The lowest BCUT2D eigenvalue weighted by atomic mass is 10.2. The molecular weight excluding hydrogens is 182 g/mol. The summed E-state index contributed by atoms with van der Waals surface area (Å²) in [6, 6.07) is 0. The summed E-state index contributed by atoms with van der Waals surface area (Å²) in [5, 5.41) is 0. The van der Waals surface area contributed by atoms with E-state index >= 15 is 0 Å². The summed E-state index contributed by atoms with van der Waals surface area (Å²) >= 11 is 0. The number of carbonyl (C=O) groups is 1. The van der Waals surface area contributed by atoms with Crippen molar-refractivity contribution in [3.05, 3.63) is 0 Å². The standard InChI is InChI=1S/C10H19NO3/c1-10(2,3)13-9(12)11-14-8-6-4-5-7-8/h8H,4-7H2,1-3H3,(H,11,12). The van der Waals surface area contributed by atoms with Crippen LogP contribution in [0.25, 0.3) is 0 Å². The third-order valence-electron chi connectivity index (χ3n) is 2.01. The second-order valence-electron chi connectivity index (χ2n) is 4.63. The van der Waals surface area contributed by atoms with Crippen LogP contribution in [-0.4, -0.2) is 17.8 Å². The van der Waals surface area contributed by atoms with Crippen LogP contribution in [0.3, 0.4) is 0 Å². The molecule has 82 valence electrons. The first kappa shape index (κ1) is 11.3. The predicted molar refractivity (Wildman–Crippen MR) is 52.7 cm³/mol. The van der Waals surface area contributed by atoms with Gasteiger partial charge >= 0.3 is 6.09 Å². The van der Waals surface area contributed by atoms with E-state index in [-0.39, 0.29) is 6.10 Å². The summed E-state index contributed by atoms with van der Waals surface area (Å²) in [6.07, 6.45) is 4.07. The molecule has 0 heterocycles. The monoisotopic (exact) mass is 201 g/mol. The average Bonchev–Trinajstić information content (AvgIpc) is 2.49. The molecule has 4 heteroatoms. The van der Waals surface area contributed by atoms with Gasteiger partial charge in [0.15, 0.2) is 0 Å². The fraction of sp³-hybridized carbons (Fsp3) is 0.900. The molecule has 1 amide bonds. The smallest absolute Gasteiger partial charge is 0.431 e. The van der Waals surface area contributed by atoms with E-state index in [4.69, 9.17) is 9.57 Å². The molecule has 0 atom stereocenters. The number of hydrogen-bond donors (Lipinski definition) is 1.